The van der Waals surface area contributed by atoms with Crippen LogP contribution in [-0.2, 0) is 7.05 Å². The van der Waals surface area contributed by atoms with Crippen LogP contribution in [0.2, 0.25) is 10.0 Å². The van der Waals surface area contributed by atoms with Crippen LogP contribution in [0.4, 0.5) is 0 Å². The first-order chi connectivity index (χ1) is 7.09. The number of hydrogen-bond acceptors (Lipinski definition) is 1. The molecule has 0 bridgehead atoms. The summed E-state index contributed by atoms with van der Waals surface area (Å²) in [4.78, 5) is 4.27. The van der Waals surface area contributed by atoms with Gasteiger partial charge in [0.1, 0.15) is 10.4 Å². The van der Waals surface area contributed by atoms with E-state index in [0.29, 0.717) is 10.0 Å². The molecule has 0 aliphatic heterocycles. The molecule has 0 aliphatic rings. The zero-order valence-corrected chi connectivity index (χ0v) is 10.9. The van der Waals surface area contributed by atoms with E-state index < -0.39 is 0 Å². The van der Waals surface area contributed by atoms with Gasteiger partial charge in [0, 0.05) is 12.6 Å². The first-order valence-electron chi connectivity index (χ1n) is 4.22. The van der Waals surface area contributed by atoms with Crippen LogP contribution in [0.1, 0.15) is 0 Å². The van der Waals surface area contributed by atoms with Gasteiger partial charge in [0.05, 0.1) is 16.2 Å². The first kappa shape index (κ1) is 11.0. The molecule has 0 atom stereocenters. The fourth-order valence-corrected chi connectivity index (χ4v) is 1.86. The maximum atomic E-state index is 5.94. The standard InChI is InChI=1S/C10H7BrCl2N2/c1-15-9(11)5-14-10(15)6-2-3-7(12)8(13)4-6/h2-5H,1H3. The lowest BCUT2D eigenvalue weighted by atomic mass is 10.2. The normalized spacial score (nSPS) is 10.7. The van der Waals surface area contributed by atoms with Gasteiger partial charge < -0.3 is 4.57 Å². The molecular formula is C10H7BrCl2N2. The monoisotopic (exact) mass is 304 g/mol. The molecule has 78 valence electrons. The Morgan fingerprint density at radius 1 is 1.27 bits per heavy atom. The fourth-order valence-electron chi connectivity index (χ4n) is 1.29. The number of imidazole rings is 1. The summed E-state index contributed by atoms with van der Waals surface area (Å²) in [6.45, 7) is 0. The van der Waals surface area contributed by atoms with E-state index in [4.69, 9.17) is 23.2 Å². The number of benzene rings is 1. The lowest BCUT2D eigenvalue weighted by molar-refractivity contribution is 0.902. The lowest BCUT2D eigenvalue weighted by Gasteiger charge is -2.04. The van der Waals surface area contributed by atoms with Gasteiger partial charge >= 0.3 is 0 Å². The van der Waals surface area contributed by atoms with Gasteiger partial charge in [-0.2, -0.15) is 0 Å². The molecule has 5 heteroatoms. The van der Waals surface area contributed by atoms with Crippen molar-refractivity contribution in [3.8, 4) is 11.4 Å². The van der Waals surface area contributed by atoms with Crippen molar-refractivity contribution in [1.29, 1.82) is 0 Å². The summed E-state index contributed by atoms with van der Waals surface area (Å²) in [6.07, 6.45) is 1.75. The van der Waals surface area contributed by atoms with Crippen molar-refractivity contribution in [3.63, 3.8) is 0 Å². The third kappa shape index (κ3) is 2.05. The summed E-state index contributed by atoms with van der Waals surface area (Å²) in [5, 5.41) is 1.09. The van der Waals surface area contributed by atoms with Crippen LogP contribution >= 0.6 is 39.1 Å². The Morgan fingerprint density at radius 2 is 2.00 bits per heavy atom. The van der Waals surface area contributed by atoms with Crippen LogP contribution in [0.5, 0.6) is 0 Å². The van der Waals surface area contributed by atoms with Crippen LogP contribution in [0, 0.1) is 0 Å². The van der Waals surface area contributed by atoms with Crippen LogP contribution in [-0.4, -0.2) is 9.55 Å². The van der Waals surface area contributed by atoms with E-state index in [1.807, 2.05) is 17.7 Å². The Labute approximate surface area is 106 Å². The largest absolute Gasteiger partial charge is 0.322 e. The molecule has 0 saturated carbocycles. The van der Waals surface area contributed by atoms with Gasteiger partial charge in [-0.3, -0.25) is 0 Å². The van der Waals surface area contributed by atoms with Gasteiger partial charge in [0.25, 0.3) is 0 Å². The van der Waals surface area contributed by atoms with E-state index in [0.717, 1.165) is 16.0 Å². The summed E-state index contributed by atoms with van der Waals surface area (Å²) < 4.78 is 2.85. The van der Waals surface area contributed by atoms with Crippen molar-refractivity contribution >= 4 is 39.1 Å². The molecule has 1 aromatic heterocycles. The molecule has 0 N–H and O–H groups in total. The van der Waals surface area contributed by atoms with Crippen LogP contribution < -0.4 is 0 Å². The van der Waals surface area contributed by atoms with E-state index >= 15 is 0 Å². The minimum Gasteiger partial charge on any atom is -0.322 e. The number of halogens is 3. The van der Waals surface area contributed by atoms with Gasteiger partial charge in [0.15, 0.2) is 0 Å². The zero-order valence-electron chi connectivity index (χ0n) is 7.84. The zero-order chi connectivity index (χ0) is 11.0. The van der Waals surface area contributed by atoms with Crippen LogP contribution in [0.15, 0.2) is 29.0 Å². The summed E-state index contributed by atoms with van der Waals surface area (Å²) in [7, 11) is 1.93. The molecule has 0 fully saturated rings. The van der Waals surface area contributed by atoms with E-state index in [-0.39, 0.29) is 0 Å². The first-order valence-corrected chi connectivity index (χ1v) is 5.77. The number of hydrogen-bond donors (Lipinski definition) is 0. The van der Waals surface area contributed by atoms with Crippen molar-refractivity contribution in [1.82, 2.24) is 9.55 Å². The highest BCUT2D eigenvalue weighted by Crippen LogP contribution is 2.28. The lowest BCUT2D eigenvalue weighted by Crippen LogP contribution is -1.92. The molecule has 0 spiro atoms. The Bertz CT molecular complexity index is 508. The minimum atomic E-state index is 0.535. The topological polar surface area (TPSA) is 17.8 Å². The summed E-state index contributed by atoms with van der Waals surface area (Å²) in [5.74, 6) is 0.848. The summed E-state index contributed by atoms with van der Waals surface area (Å²) >= 11 is 15.2. The molecule has 0 saturated heterocycles. The Kier molecular flexibility index (Phi) is 3.05. The molecule has 0 amide bonds. The van der Waals surface area contributed by atoms with Gasteiger partial charge in [-0.25, -0.2) is 4.98 Å². The van der Waals surface area contributed by atoms with Crippen molar-refractivity contribution < 1.29 is 0 Å². The average Bonchev–Trinajstić information content (AvgIpc) is 2.53. The van der Waals surface area contributed by atoms with Gasteiger partial charge in [-0.05, 0) is 34.1 Å². The second-order valence-corrected chi connectivity index (χ2v) is 4.72. The summed E-state index contributed by atoms with van der Waals surface area (Å²) in [6, 6.07) is 5.46. The van der Waals surface area contributed by atoms with E-state index in [1.165, 1.54) is 0 Å². The van der Waals surface area contributed by atoms with E-state index in [1.54, 1.807) is 18.3 Å². The highest BCUT2D eigenvalue weighted by atomic mass is 79.9. The van der Waals surface area contributed by atoms with Crippen molar-refractivity contribution in [3.05, 3.63) is 39.0 Å². The Balaban J connectivity index is 2.55. The second-order valence-electron chi connectivity index (χ2n) is 3.09. The smallest absolute Gasteiger partial charge is 0.140 e. The second kappa shape index (κ2) is 4.16. The molecule has 15 heavy (non-hydrogen) atoms. The molecule has 0 radical (unpaired) electrons. The third-order valence-electron chi connectivity index (χ3n) is 2.11. The fraction of sp³-hybridized carbons (Fsp3) is 0.100. The predicted octanol–water partition coefficient (Wildman–Crippen LogP) is 4.16. The maximum Gasteiger partial charge on any atom is 0.140 e. The highest BCUT2D eigenvalue weighted by Gasteiger charge is 2.08. The Morgan fingerprint density at radius 3 is 2.53 bits per heavy atom. The predicted molar refractivity (Wildman–Crippen MR) is 66.4 cm³/mol. The van der Waals surface area contributed by atoms with Crippen molar-refractivity contribution in [2.45, 2.75) is 0 Å². The van der Waals surface area contributed by atoms with Crippen molar-refractivity contribution in [2.75, 3.05) is 0 Å². The molecule has 0 unspecified atom stereocenters. The van der Waals surface area contributed by atoms with Gasteiger partial charge in [-0.15, -0.1) is 0 Å². The minimum absolute atomic E-state index is 0.535. The number of rotatable bonds is 1. The molecule has 0 aliphatic carbocycles. The molecule has 1 aromatic carbocycles. The van der Waals surface area contributed by atoms with E-state index in [2.05, 4.69) is 20.9 Å². The van der Waals surface area contributed by atoms with E-state index in [9.17, 15) is 0 Å². The molecular weight excluding hydrogens is 299 g/mol. The van der Waals surface area contributed by atoms with Crippen LogP contribution in [0.25, 0.3) is 11.4 Å². The van der Waals surface area contributed by atoms with Gasteiger partial charge in [-0.1, -0.05) is 23.2 Å². The van der Waals surface area contributed by atoms with Crippen LogP contribution in [0.3, 0.4) is 0 Å². The molecule has 2 nitrogen and oxygen atoms in total. The Hall–Kier alpha value is -0.510. The van der Waals surface area contributed by atoms with Gasteiger partial charge in [0.2, 0.25) is 0 Å². The molecule has 2 rings (SSSR count). The number of aromatic nitrogens is 2. The third-order valence-corrected chi connectivity index (χ3v) is 3.59. The molecule has 2 aromatic rings. The number of nitrogens with zero attached hydrogens (tertiary/aromatic N) is 2. The summed E-state index contributed by atoms with van der Waals surface area (Å²) in [5.41, 5.74) is 0.942. The SMILES string of the molecule is Cn1c(Br)cnc1-c1ccc(Cl)c(Cl)c1. The van der Waals surface area contributed by atoms with Crippen molar-refractivity contribution in [2.24, 2.45) is 7.05 Å². The molecule has 1 heterocycles. The average molecular weight is 306 g/mol. The highest BCUT2D eigenvalue weighted by molar-refractivity contribution is 9.10. The quantitative estimate of drug-likeness (QED) is 0.773. The maximum absolute atomic E-state index is 5.94.